The van der Waals surface area contributed by atoms with E-state index in [0.717, 1.165) is 23.6 Å². The van der Waals surface area contributed by atoms with E-state index >= 15 is 0 Å². The average Bonchev–Trinajstić information content (AvgIpc) is 2.53. The molecule has 0 saturated heterocycles. The van der Waals surface area contributed by atoms with Gasteiger partial charge < -0.3 is 4.90 Å². The first kappa shape index (κ1) is 14.4. The molecule has 16 heavy (non-hydrogen) atoms. The third-order valence-electron chi connectivity index (χ3n) is 4.15. The van der Waals surface area contributed by atoms with E-state index in [2.05, 4.69) is 38.4 Å². The maximum atomic E-state index is 4.49. The monoisotopic (exact) mass is 243 g/mol. The maximum absolute atomic E-state index is 4.49. The van der Waals surface area contributed by atoms with Crippen LogP contribution in [0.5, 0.6) is 0 Å². The van der Waals surface area contributed by atoms with Crippen LogP contribution in [0.25, 0.3) is 0 Å². The van der Waals surface area contributed by atoms with Crippen molar-refractivity contribution in [1.29, 1.82) is 0 Å². The molecule has 1 fully saturated rings. The van der Waals surface area contributed by atoms with Gasteiger partial charge in [-0.25, -0.2) is 0 Å². The van der Waals surface area contributed by atoms with Crippen molar-refractivity contribution in [1.82, 2.24) is 4.90 Å². The predicted octanol–water partition coefficient (Wildman–Crippen LogP) is 3.84. The van der Waals surface area contributed by atoms with Gasteiger partial charge in [-0.15, -0.1) is 0 Å². The molecular weight excluding hydrogens is 214 g/mol. The zero-order chi connectivity index (χ0) is 12.0. The van der Waals surface area contributed by atoms with Crippen molar-refractivity contribution in [2.45, 2.75) is 58.4 Å². The fourth-order valence-electron chi connectivity index (χ4n) is 2.70. The van der Waals surface area contributed by atoms with Gasteiger partial charge in [-0.1, -0.05) is 39.5 Å². The third kappa shape index (κ3) is 4.67. The first-order valence-corrected chi connectivity index (χ1v) is 7.59. The summed E-state index contributed by atoms with van der Waals surface area (Å²) in [5.41, 5.74) is 0. The minimum Gasteiger partial charge on any atom is -0.303 e. The van der Waals surface area contributed by atoms with Crippen molar-refractivity contribution in [3.63, 3.8) is 0 Å². The summed E-state index contributed by atoms with van der Waals surface area (Å²) in [5.74, 6) is 2.52. The Balaban J connectivity index is 2.39. The second-order valence-corrected chi connectivity index (χ2v) is 6.14. The second kappa shape index (κ2) is 7.60. The topological polar surface area (TPSA) is 3.24 Å². The van der Waals surface area contributed by atoms with Crippen molar-refractivity contribution >= 4 is 12.6 Å². The van der Waals surface area contributed by atoms with Gasteiger partial charge >= 0.3 is 0 Å². The Hall–Kier alpha value is 0.310. The van der Waals surface area contributed by atoms with E-state index in [0.29, 0.717) is 0 Å². The lowest BCUT2D eigenvalue weighted by Crippen LogP contribution is -2.37. The minimum atomic E-state index is 0.747. The Kier molecular flexibility index (Phi) is 6.83. The number of hydrogen-bond acceptors (Lipinski definition) is 2. The normalized spacial score (nSPS) is 21.4. The molecule has 1 unspecified atom stereocenters. The number of rotatable bonds is 5. The molecule has 1 aliphatic carbocycles. The van der Waals surface area contributed by atoms with Gasteiger partial charge in [0.2, 0.25) is 0 Å². The summed E-state index contributed by atoms with van der Waals surface area (Å²) in [7, 11) is 2.31. The Morgan fingerprint density at radius 3 is 2.12 bits per heavy atom. The highest BCUT2D eigenvalue weighted by atomic mass is 32.1. The third-order valence-corrected chi connectivity index (χ3v) is 4.62. The Morgan fingerprint density at radius 1 is 1.12 bits per heavy atom. The van der Waals surface area contributed by atoms with Gasteiger partial charge in [-0.2, -0.15) is 12.6 Å². The highest BCUT2D eigenvalue weighted by Crippen LogP contribution is 2.23. The summed E-state index contributed by atoms with van der Waals surface area (Å²) in [6, 6.07) is 0.837. The van der Waals surface area contributed by atoms with E-state index in [1.54, 1.807) is 0 Å². The molecule has 0 aromatic rings. The van der Waals surface area contributed by atoms with Crippen LogP contribution >= 0.6 is 12.6 Å². The molecule has 96 valence electrons. The van der Waals surface area contributed by atoms with Crippen LogP contribution < -0.4 is 0 Å². The van der Waals surface area contributed by atoms with E-state index in [9.17, 15) is 0 Å². The van der Waals surface area contributed by atoms with Crippen LogP contribution in [0.15, 0.2) is 0 Å². The maximum Gasteiger partial charge on any atom is 0.00923 e. The molecule has 1 rings (SSSR count). The molecule has 1 nitrogen and oxygen atoms in total. The Labute approximate surface area is 107 Å². The Bertz CT molecular complexity index is 174. The van der Waals surface area contributed by atoms with Crippen molar-refractivity contribution in [2.75, 3.05) is 19.3 Å². The molecule has 0 heterocycles. The predicted molar refractivity (Wildman–Crippen MR) is 76.3 cm³/mol. The van der Waals surface area contributed by atoms with Crippen molar-refractivity contribution in [2.24, 2.45) is 11.8 Å². The van der Waals surface area contributed by atoms with E-state index in [1.165, 1.54) is 45.1 Å². The molecule has 2 heteroatoms. The van der Waals surface area contributed by atoms with Crippen LogP contribution in [-0.2, 0) is 0 Å². The smallest absolute Gasteiger partial charge is 0.00923 e. The van der Waals surface area contributed by atoms with Gasteiger partial charge in [0.05, 0.1) is 0 Å². The summed E-state index contributed by atoms with van der Waals surface area (Å²) >= 11 is 4.49. The van der Waals surface area contributed by atoms with E-state index in [-0.39, 0.29) is 0 Å². The van der Waals surface area contributed by atoms with E-state index in [1.807, 2.05) is 0 Å². The summed E-state index contributed by atoms with van der Waals surface area (Å²) in [6.45, 7) is 5.87. The lowest BCUT2D eigenvalue weighted by Gasteiger charge is -2.31. The molecule has 1 saturated carbocycles. The lowest BCUT2D eigenvalue weighted by atomic mass is 9.96. The molecule has 0 amide bonds. The highest BCUT2D eigenvalue weighted by molar-refractivity contribution is 7.80. The molecule has 1 atom stereocenters. The quantitative estimate of drug-likeness (QED) is 0.567. The van der Waals surface area contributed by atoms with Crippen LogP contribution in [0.2, 0.25) is 0 Å². The van der Waals surface area contributed by atoms with Crippen molar-refractivity contribution in [3.8, 4) is 0 Å². The zero-order valence-electron chi connectivity index (χ0n) is 11.3. The fourth-order valence-corrected chi connectivity index (χ4v) is 3.23. The van der Waals surface area contributed by atoms with Gasteiger partial charge in [0, 0.05) is 12.6 Å². The minimum absolute atomic E-state index is 0.747. The molecular formula is C14H29NS. The van der Waals surface area contributed by atoms with Crippen LogP contribution in [0.1, 0.15) is 52.4 Å². The first-order chi connectivity index (χ1) is 7.65. The summed E-state index contributed by atoms with van der Waals surface area (Å²) in [6.07, 6.45) is 8.58. The summed E-state index contributed by atoms with van der Waals surface area (Å²) in [5, 5.41) is 0. The van der Waals surface area contributed by atoms with E-state index < -0.39 is 0 Å². The molecule has 0 aromatic carbocycles. The van der Waals surface area contributed by atoms with Gasteiger partial charge in [0.15, 0.2) is 0 Å². The van der Waals surface area contributed by atoms with Gasteiger partial charge in [0.1, 0.15) is 0 Å². The van der Waals surface area contributed by atoms with Crippen LogP contribution in [-0.4, -0.2) is 30.3 Å². The number of nitrogens with zero attached hydrogens (tertiary/aromatic N) is 1. The first-order valence-electron chi connectivity index (χ1n) is 6.96. The molecule has 0 N–H and O–H groups in total. The Morgan fingerprint density at radius 2 is 1.69 bits per heavy atom. The fraction of sp³-hybridized carbons (Fsp3) is 1.00. The number of hydrogen-bond donors (Lipinski definition) is 1. The van der Waals surface area contributed by atoms with Crippen molar-refractivity contribution in [3.05, 3.63) is 0 Å². The summed E-state index contributed by atoms with van der Waals surface area (Å²) in [4.78, 5) is 2.60. The van der Waals surface area contributed by atoms with Crippen LogP contribution in [0.3, 0.4) is 0 Å². The molecule has 0 spiro atoms. The molecule has 0 aliphatic heterocycles. The standard InChI is InChI=1S/C14H29NS/c1-12(2)13(11-16)10-15(3)14-8-6-4-5-7-9-14/h12-14,16H,4-11H2,1-3H3. The van der Waals surface area contributed by atoms with Crippen molar-refractivity contribution < 1.29 is 0 Å². The summed E-state index contributed by atoms with van der Waals surface area (Å²) < 4.78 is 0. The van der Waals surface area contributed by atoms with Crippen LogP contribution in [0.4, 0.5) is 0 Å². The van der Waals surface area contributed by atoms with Gasteiger partial charge in [0.25, 0.3) is 0 Å². The molecule has 1 aliphatic rings. The largest absolute Gasteiger partial charge is 0.303 e. The van der Waals surface area contributed by atoms with Gasteiger partial charge in [-0.05, 0) is 37.5 Å². The highest BCUT2D eigenvalue weighted by Gasteiger charge is 2.20. The zero-order valence-corrected chi connectivity index (χ0v) is 12.2. The molecule has 0 aromatic heterocycles. The molecule has 0 bridgehead atoms. The molecule has 0 radical (unpaired) electrons. The number of thiol groups is 1. The lowest BCUT2D eigenvalue weighted by molar-refractivity contribution is 0.178. The second-order valence-electron chi connectivity index (χ2n) is 5.77. The van der Waals surface area contributed by atoms with Crippen LogP contribution in [0, 0.1) is 11.8 Å². The van der Waals surface area contributed by atoms with E-state index in [4.69, 9.17) is 0 Å². The SMILES string of the molecule is CC(C)C(CS)CN(C)C1CCCCCC1. The average molecular weight is 243 g/mol. The van der Waals surface area contributed by atoms with Gasteiger partial charge in [-0.3, -0.25) is 0 Å².